The molecule has 0 spiro atoms. The lowest BCUT2D eigenvalue weighted by atomic mass is 9.80. The highest BCUT2D eigenvalue weighted by Crippen LogP contribution is 2.34. The van der Waals surface area contributed by atoms with Crippen molar-refractivity contribution in [2.75, 3.05) is 52.5 Å². The molecule has 32 heavy (non-hydrogen) atoms. The molecule has 0 aromatic heterocycles. The van der Waals surface area contributed by atoms with Gasteiger partial charge in [-0.25, -0.2) is 0 Å². The van der Waals surface area contributed by atoms with Crippen molar-refractivity contribution in [2.24, 2.45) is 4.99 Å². The minimum atomic E-state index is -0.588. The number of aliphatic imine (C=N–C) groups is 1. The fraction of sp³-hybridized carbons (Fsp3) is 0.708. The zero-order valence-electron chi connectivity index (χ0n) is 19.4. The van der Waals surface area contributed by atoms with Crippen LogP contribution in [0, 0.1) is 0 Å². The van der Waals surface area contributed by atoms with Crippen LogP contribution in [0.3, 0.4) is 0 Å². The van der Waals surface area contributed by atoms with Crippen molar-refractivity contribution in [3.8, 4) is 0 Å². The predicted molar refractivity (Wildman–Crippen MR) is 140 cm³/mol. The van der Waals surface area contributed by atoms with Crippen LogP contribution in [0.2, 0.25) is 0 Å². The van der Waals surface area contributed by atoms with Crippen LogP contribution in [-0.4, -0.2) is 80.2 Å². The summed E-state index contributed by atoms with van der Waals surface area (Å²) in [4.78, 5) is 7.55. The van der Waals surface area contributed by atoms with Gasteiger partial charge in [-0.05, 0) is 25.3 Å². The number of nitrogens with one attached hydrogen (secondary N) is 2. The summed E-state index contributed by atoms with van der Waals surface area (Å²) < 4.78 is 11.2. The van der Waals surface area contributed by atoms with E-state index in [1.165, 1.54) is 32.1 Å². The Labute approximate surface area is 210 Å². The van der Waals surface area contributed by atoms with Crippen molar-refractivity contribution in [1.82, 2.24) is 15.5 Å². The fourth-order valence-corrected chi connectivity index (χ4v) is 4.55. The zero-order chi connectivity index (χ0) is 21.8. The van der Waals surface area contributed by atoms with Gasteiger partial charge in [0.05, 0.1) is 39.1 Å². The smallest absolute Gasteiger partial charge is 0.191 e. The van der Waals surface area contributed by atoms with Crippen LogP contribution in [0.5, 0.6) is 0 Å². The highest BCUT2D eigenvalue weighted by molar-refractivity contribution is 14.0. The van der Waals surface area contributed by atoms with E-state index in [2.05, 4.69) is 22.5 Å². The van der Waals surface area contributed by atoms with Gasteiger partial charge in [0.25, 0.3) is 0 Å². The van der Waals surface area contributed by atoms with E-state index >= 15 is 0 Å². The number of hydrogen-bond donors (Lipinski definition) is 3. The van der Waals surface area contributed by atoms with Crippen LogP contribution in [0.15, 0.2) is 35.3 Å². The number of nitrogens with zero attached hydrogens (tertiary/aromatic N) is 2. The molecule has 8 heteroatoms. The van der Waals surface area contributed by atoms with Crippen molar-refractivity contribution in [3.63, 3.8) is 0 Å². The lowest BCUT2D eigenvalue weighted by Crippen LogP contribution is -2.56. The standard InChI is InChI=1S/C24H40N4O3.HI/c1-2-25-23(26-17-22(29)19-31-18-21-9-5-3-6-10-21)27-20-24(11-7-4-8-12-24)28-13-15-30-16-14-28;/h3,5-6,9-10,22,29H,2,4,7-8,11-20H2,1H3,(H2,25,26,27);1H. The fourth-order valence-electron chi connectivity index (χ4n) is 4.55. The summed E-state index contributed by atoms with van der Waals surface area (Å²) in [6.07, 6.45) is 5.68. The number of aliphatic hydroxyl groups excluding tert-OH is 1. The van der Waals surface area contributed by atoms with Crippen molar-refractivity contribution < 1.29 is 14.6 Å². The molecule has 1 aromatic rings. The SMILES string of the molecule is CCNC(=NCC1(N2CCOCC2)CCCCC1)NCC(O)COCc1ccccc1.I. The summed E-state index contributed by atoms with van der Waals surface area (Å²) >= 11 is 0. The molecule has 182 valence electrons. The molecule has 3 N–H and O–H groups in total. The van der Waals surface area contributed by atoms with Gasteiger partial charge in [0, 0.05) is 31.7 Å². The Balaban J connectivity index is 0.00000363. The van der Waals surface area contributed by atoms with Crippen molar-refractivity contribution in [1.29, 1.82) is 0 Å². The number of benzene rings is 1. The number of halogens is 1. The topological polar surface area (TPSA) is 78.4 Å². The van der Waals surface area contributed by atoms with Gasteiger partial charge in [0.1, 0.15) is 0 Å². The molecule has 1 heterocycles. The molecule has 3 rings (SSSR count). The molecule has 1 atom stereocenters. The lowest BCUT2D eigenvalue weighted by Gasteiger charge is -2.47. The summed E-state index contributed by atoms with van der Waals surface area (Å²) in [5.74, 6) is 0.766. The normalized spacial score (nSPS) is 20.2. The number of hydrogen-bond acceptors (Lipinski definition) is 5. The molecule has 1 aliphatic heterocycles. The van der Waals surface area contributed by atoms with E-state index in [4.69, 9.17) is 14.5 Å². The van der Waals surface area contributed by atoms with Gasteiger partial charge >= 0.3 is 0 Å². The summed E-state index contributed by atoms with van der Waals surface area (Å²) in [6, 6.07) is 10.0. The highest BCUT2D eigenvalue weighted by Gasteiger charge is 2.38. The van der Waals surface area contributed by atoms with Crippen molar-refractivity contribution in [3.05, 3.63) is 35.9 Å². The average molecular weight is 561 g/mol. The van der Waals surface area contributed by atoms with E-state index in [0.717, 1.165) is 50.9 Å². The van der Waals surface area contributed by atoms with E-state index in [9.17, 15) is 5.11 Å². The van der Waals surface area contributed by atoms with Crippen LogP contribution < -0.4 is 10.6 Å². The van der Waals surface area contributed by atoms with E-state index in [0.29, 0.717) is 19.8 Å². The average Bonchev–Trinajstić information content (AvgIpc) is 2.83. The summed E-state index contributed by atoms with van der Waals surface area (Å²) in [6.45, 7) is 8.47. The van der Waals surface area contributed by atoms with Crippen molar-refractivity contribution in [2.45, 2.75) is 57.3 Å². The third kappa shape index (κ3) is 8.78. The first-order valence-electron chi connectivity index (χ1n) is 11.9. The van der Waals surface area contributed by atoms with Crippen LogP contribution in [0.1, 0.15) is 44.6 Å². The van der Waals surface area contributed by atoms with Gasteiger partial charge in [-0.15, -0.1) is 24.0 Å². The molecule has 1 saturated heterocycles. The molecule has 2 fully saturated rings. The molecular weight excluding hydrogens is 519 g/mol. The van der Waals surface area contributed by atoms with E-state index in [-0.39, 0.29) is 29.5 Å². The van der Waals surface area contributed by atoms with Crippen molar-refractivity contribution >= 4 is 29.9 Å². The molecule has 0 bridgehead atoms. The highest BCUT2D eigenvalue weighted by atomic mass is 127. The van der Waals surface area contributed by atoms with Gasteiger partial charge < -0.3 is 25.2 Å². The number of ether oxygens (including phenoxy) is 2. The summed E-state index contributed by atoms with van der Waals surface area (Å²) in [5, 5.41) is 16.9. The Kier molecular flexibility index (Phi) is 12.8. The maximum absolute atomic E-state index is 10.3. The monoisotopic (exact) mass is 560 g/mol. The molecule has 1 aromatic carbocycles. The maximum atomic E-state index is 10.3. The second kappa shape index (κ2) is 15.1. The first kappa shape index (κ1) is 27.3. The van der Waals surface area contributed by atoms with Gasteiger partial charge in [-0.1, -0.05) is 49.6 Å². The Morgan fingerprint density at radius 3 is 2.56 bits per heavy atom. The number of rotatable bonds is 10. The number of guanidine groups is 1. The van der Waals surface area contributed by atoms with E-state index in [1.54, 1.807) is 0 Å². The molecule has 0 amide bonds. The largest absolute Gasteiger partial charge is 0.389 e. The second-order valence-electron chi connectivity index (χ2n) is 8.62. The van der Waals surface area contributed by atoms with Gasteiger partial charge in [-0.3, -0.25) is 9.89 Å². The van der Waals surface area contributed by atoms with Crippen LogP contribution >= 0.6 is 24.0 Å². The molecular formula is C24H41IN4O3. The molecule has 1 saturated carbocycles. The Hall–Kier alpha value is -0.940. The predicted octanol–water partition coefficient (Wildman–Crippen LogP) is 2.77. The molecule has 1 aliphatic carbocycles. The minimum absolute atomic E-state index is 0. The lowest BCUT2D eigenvalue weighted by molar-refractivity contribution is -0.0333. The summed E-state index contributed by atoms with van der Waals surface area (Å²) in [5.41, 5.74) is 1.25. The molecule has 2 aliphatic rings. The van der Waals surface area contributed by atoms with E-state index in [1.807, 2.05) is 30.3 Å². The van der Waals surface area contributed by atoms with Gasteiger partial charge in [0.15, 0.2) is 5.96 Å². The quantitative estimate of drug-likeness (QED) is 0.232. The number of morpholine rings is 1. The van der Waals surface area contributed by atoms with Gasteiger partial charge in [0.2, 0.25) is 0 Å². The third-order valence-electron chi connectivity index (χ3n) is 6.27. The molecule has 7 nitrogen and oxygen atoms in total. The first-order chi connectivity index (χ1) is 15.2. The van der Waals surface area contributed by atoms with Crippen LogP contribution in [0.25, 0.3) is 0 Å². The zero-order valence-corrected chi connectivity index (χ0v) is 21.8. The minimum Gasteiger partial charge on any atom is -0.389 e. The third-order valence-corrected chi connectivity index (χ3v) is 6.27. The summed E-state index contributed by atoms with van der Waals surface area (Å²) in [7, 11) is 0. The Bertz CT molecular complexity index is 650. The first-order valence-corrected chi connectivity index (χ1v) is 11.9. The Morgan fingerprint density at radius 2 is 1.88 bits per heavy atom. The second-order valence-corrected chi connectivity index (χ2v) is 8.62. The van der Waals surface area contributed by atoms with Gasteiger partial charge in [-0.2, -0.15) is 0 Å². The van der Waals surface area contributed by atoms with Crippen LogP contribution in [-0.2, 0) is 16.1 Å². The van der Waals surface area contributed by atoms with E-state index < -0.39 is 6.10 Å². The number of aliphatic hydroxyl groups is 1. The Morgan fingerprint density at radius 1 is 1.16 bits per heavy atom. The molecule has 1 unspecified atom stereocenters. The molecule has 0 radical (unpaired) electrons. The van der Waals surface area contributed by atoms with Crippen LogP contribution in [0.4, 0.5) is 0 Å². The maximum Gasteiger partial charge on any atom is 0.191 e.